The highest BCUT2D eigenvalue weighted by atomic mass is 32.1. The number of rotatable bonds is 6. The van der Waals surface area contributed by atoms with E-state index in [2.05, 4.69) is 10.3 Å². The number of hydrogen-bond donors (Lipinski definition) is 2. The van der Waals surface area contributed by atoms with Crippen LogP contribution >= 0.6 is 11.3 Å². The second-order valence-corrected chi connectivity index (χ2v) is 5.92. The minimum Gasteiger partial charge on any atom is -0.504 e. The summed E-state index contributed by atoms with van der Waals surface area (Å²) in [6.07, 6.45) is 0. The van der Waals surface area contributed by atoms with E-state index in [4.69, 9.17) is 9.47 Å². The van der Waals surface area contributed by atoms with E-state index in [9.17, 15) is 9.90 Å². The lowest BCUT2D eigenvalue weighted by Gasteiger charge is -2.06. The van der Waals surface area contributed by atoms with Gasteiger partial charge in [0.1, 0.15) is 5.75 Å². The molecule has 0 spiro atoms. The zero-order chi connectivity index (χ0) is 16.9. The van der Waals surface area contributed by atoms with E-state index >= 15 is 0 Å². The van der Waals surface area contributed by atoms with Crippen LogP contribution in [0.4, 0.5) is 5.13 Å². The number of thiazole rings is 1. The first-order valence-electron chi connectivity index (χ1n) is 7.39. The number of amides is 1. The Morgan fingerprint density at radius 2 is 2.08 bits per heavy atom. The van der Waals surface area contributed by atoms with Crippen LogP contribution < -0.4 is 14.8 Å². The number of anilines is 1. The Morgan fingerprint density at radius 1 is 1.25 bits per heavy atom. The zero-order valence-electron chi connectivity index (χ0n) is 13.0. The Kier molecular flexibility index (Phi) is 4.81. The standard InChI is InChI=1S/C17H16N2O4S/c1-2-22-11-7-8-12-15(9-11)24-17(18-12)19-16(21)10-23-14-6-4-3-5-13(14)20/h3-9,20H,2,10H2,1H3,(H,18,19,21). The molecule has 24 heavy (non-hydrogen) atoms. The Hall–Kier alpha value is -2.80. The molecule has 0 radical (unpaired) electrons. The molecule has 0 aliphatic rings. The van der Waals surface area contributed by atoms with Gasteiger partial charge in [0.25, 0.3) is 5.91 Å². The lowest BCUT2D eigenvalue weighted by molar-refractivity contribution is -0.118. The highest BCUT2D eigenvalue weighted by molar-refractivity contribution is 7.22. The normalized spacial score (nSPS) is 10.5. The van der Waals surface area contributed by atoms with Crippen LogP contribution in [0.5, 0.6) is 17.2 Å². The van der Waals surface area contributed by atoms with Gasteiger partial charge in [-0.2, -0.15) is 0 Å². The molecule has 0 atom stereocenters. The monoisotopic (exact) mass is 344 g/mol. The van der Waals surface area contributed by atoms with Crippen molar-refractivity contribution in [3.63, 3.8) is 0 Å². The number of aromatic hydroxyl groups is 1. The first-order valence-corrected chi connectivity index (χ1v) is 8.21. The van der Waals surface area contributed by atoms with Gasteiger partial charge in [-0.1, -0.05) is 23.5 Å². The van der Waals surface area contributed by atoms with Gasteiger partial charge in [0.2, 0.25) is 0 Å². The largest absolute Gasteiger partial charge is 0.504 e. The molecule has 1 amide bonds. The van der Waals surface area contributed by atoms with E-state index in [1.165, 1.54) is 17.4 Å². The first-order chi connectivity index (χ1) is 11.7. The summed E-state index contributed by atoms with van der Waals surface area (Å²) in [4.78, 5) is 16.3. The highest BCUT2D eigenvalue weighted by Crippen LogP contribution is 2.29. The zero-order valence-corrected chi connectivity index (χ0v) is 13.8. The first kappa shape index (κ1) is 16.1. The number of aromatic nitrogens is 1. The number of fused-ring (bicyclic) bond motifs is 1. The van der Waals surface area contributed by atoms with Crippen molar-refractivity contribution in [2.75, 3.05) is 18.5 Å². The molecule has 0 unspecified atom stereocenters. The van der Waals surface area contributed by atoms with Crippen molar-refractivity contribution >= 4 is 32.6 Å². The molecule has 7 heteroatoms. The third kappa shape index (κ3) is 3.75. The average molecular weight is 344 g/mol. The number of benzene rings is 2. The van der Waals surface area contributed by atoms with Gasteiger partial charge in [0.05, 0.1) is 16.8 Å². The lowest BCUT2D eigenvalue weighted by atomic mass is 10.3. The Morgan fingerprint density at radius 3 is 2.88 bits per heavy atom. The number of phenolic OH excluding ortho intramolecular Hbond substituents is 1. The number of para-hydroxylation sites is 2. The summed E-state index contributed by atoms with van der Waals surface area (Å²) >= 11 is 1.36. The molecule has 2 aromatic carbocycles. The van der Waals surface area contributed by atoms with Crippen LogP contribution in [-0.2, 0) is 4.79 Å². The molecule has 0 saturated carbocycles. The van der Waals surface area contributed by atoms with Crippen LogP contribution in [0.3, 0.4) is 0 Å². The molecule has 0 aliphatic carbocycles. The summed E-state index contributed by atoms with van der Waals surface area (Å²) in [5, 5.41) is 12.8. The van der Waals surface area contributed by atoms with Crippen LogP contribution in [0, 0.1) is 0 Å². The van der Waals surface area contributed by atoms with Crippen LogP contribution in [0.1, 0.15) is 6.92 Å². The molecule has 3 aromatic rings. The van der Waals surface area contributed by atoms with Gasteiger partial charge in [-0.15, -0.1) is 0 Å². The Labute approximate surface area is 142 Å². The van der Waals surface area contributed by atoms with Gasteiger partial charge in [-0.3, -0.25) is 10.1 Å². The summed E-state index contributed by atoms with van der Waals surface area (Å²) in [5.74, 6) is 0.684. The maximum atomic E-state index is 12.0. The number of carbonyl (C=O) groups excluding carboxylic acids is 1. The fraction of sp³-hybridized carbons (Fsp3) is 0.176. The smallest absolute Gasteiger partial charge is 0.264 e. The third-order valence-electron chi connectivity index (χ3n) is 3.14. The van der Waals surface area contributed by atoms with Crippen LogP contribution in [0.2, 0.25) is 0 Å². The summed E-state index contributed by atoms with van der Waals surface area (Å²) in [6, 6.07) is 12.1. The number of phenols is 1. The number of nitrogens with zero attached hydrogens (tertiary/aromatic N) is 1. The molecule has 2 N–H and O–H groups in total. The second-order valence-electron chi connectivity index (χ2n) is 4.89. The molecule has 0 saturated heterocycles. The molecule has 1 aromatic heterocycles. The summed E-state index contributed by atoms with van der Waals surface area (Å²) < 4.78 is 11.7. The molecule has 6 nitrogen and oxygen atoms in total. The van der Waals surface area contributed by atoms with Crippen molar-refractivity contribution < 1.29 is 19.4 Å². The van der Waals surface area contributed by atoms with E-state index < -0.39 is 0 Å². The van der Waals surface area contributed by atoms with Crippen molar-refractivity contribution in [3.05, 3.63) is 42.5 Å². The maximum absolute atomic E-state index is 12.0. The minimum atomic E-state index is -0.345. The van der Waals surface area contributed by atoms with E-state index in [0.29, 0.717) is 11.7 Å². The third-order valence-corrected chi connectivity index (χ3v) is 4.07. The minimum absolute atomic E-state index is 0.00580. The maximum Gasteiger partial charge on any atom is 0.264 e. The van der Waals surface area contributed by atoms with Gasteiger partial charge in [0, 0.05) is 0 Å². The van der Waals surface area contributed by atoms with Crippen molar-refractivity contribution in [1.29, 1.82) is 0 Å². The molecular formula is C17H16N2O4S. The summed E-state index contributed by atoms with van der Waals surface area (Å²) in [7, 11) is 0. The van der Waals surface area contributed by atoms with Gasteiger partial charge in [-0.25, -0.2) is 4.98 Å². The molecule has 0 bridgehead atoms. The van der Waals surface area contributed by atoms with Gasteiger partial charge < -0.3 is 14.6 Å². The van der Waals surface area contributed by atoms with E-state index in [-0.39, 0.29) is 24.0 Å². The SMILES string of the molecule is CCOc1ccc2nc(NC(=O)COc3ccccc3O)sc2c1. The van der Waals surface area contributed by atoms with Crippen LogP contribution in [0.15, 0.2) is 42.5 Å². The number of carbonyl (C=O) groups is 1. The lowest BCUT2D eigenvalue weighted by Crippen LogP contribution is -2.20. The van der Waals surface area contributed by atoms with Gasteiger partial charge in [-0.05, 0) is 37.3 Å². The fourth-order valence-electron chi connectivity index (χ4n) is 2.09. The molecule has 1 heterocycles. The molecule has 3 rings (SSSR count). The van der Waals surface area contributed by atoms with Gasteiger partial charge >= 0.3 is 0 Å². The van der Waals surface area contributed by atoms with E-state index in [1.54, 1.807) is 18.2 Å². The highest BCUT2D eigenvalue weighted by Gasteiger charge is 2.10. The molecule has 0 fully saturated rings. The average Bonchev–Trinajstić information content (AvgIpc) is 2.96. The predicted molar refractivity (Wildman–Crippen MR) is 93.0 cm³/mol. The van der Waals surface area contributed by atoms with Crippen molar-refractivity contribution in [3.8, 4) is 17.2 Å². The summed E-state index contributed by atoms with van der Waals surface area (Å²) in [6.45, 7) is 2.31. The van der Waals surface area contributed by atoms with Crippen LogP contribution in [-0.4, -0.2) is 29.2 Å². The van der Waals surface area contributed by atoms with E-state index in [0.717, 1.165) is 16.0 Å². The van der Waals surface area contributed by atoms with Crippen molar-refractivity contribution in [2.24, 2.45) is 0 Å². The quantitative estimate of drug-likeness (QED) is 0.716. The molecular weight excluding hydrogens is 328 g/mol. The van der Waals surface area contributed by atoms with Crippen LogP contribution in [0.25, 0.3) is 10.2 Å². The van der Waals surface area contributed by atoms with Gasteiger partial charge in [0.15, 0.2) is 23.2 Å². The fourth-order valence-corrected chi connectivity index (χ4v) is 3.00. The summed E-state index contributed by atoms with van der Waals surface area (Å²) in [5.41, 5.74) is 0.792. The van der Waals surface area contributed by atoms with E-state index in [1.807, 2.05) is 25.1 Å². The van der Waals surface area contributed by atoms with Crippen molar-refractivity contribution in [1.82, 2.24) is 4.98 Å². The Balaban J connectivity index is 1.63. The number of nitrogens with one attached hydrogen (secondary N) is 1. The molecule has 0 aliphatic heterocycles. The van der Waals surface area contributed by atoms with Crippen molar-refractivity contribution in [2.45, 2.75) is 6.92 Å². The molecule has 124 valence electrons. The number of ether oxygens (including phenoxy) is 2. The Bertz CT molecular complexity index is 863. The topological polar surface area (TPSA) is 80.7 Å². The second kappa shape index (κ2) is 7.18. The number of hydrogen-bond acceptors (Lipinski definition) is 6. The predicted octanol–water partition coefficient (Wildman–Crippen LogP) is 3.42.